The van der Waals surface area contributed by atoms with Crippen molar-refractivity contribution in [3.8, 4) is 0 Å². The number of anilines is 2. The molecular weight excluding hydrogens is 320 g/mol. The Kier molecular flexibility index (Phi) is 4.30. The molecule has 6 nitrogen and oxygen atoms in total. The van der Waals surface area contributed by atoms with Gasteiger partial charge in [-0.1, -0.05) is 13.0 Å². The van der Waals surface area contributed by atoms with Gasteiger partial charge >= 0.3 is 0 Å². The lowest BCUT2D eigenvalue weighted by atomic mass is 10.00. The summed E-state index contributed by atoms with van der Waals surface area (Å²) in [5, 5.41) is 1.73. The molecule has 0 spiro atoms. The van der Waals surface area contributed by atoms with Gasteiger partial charge in [-0.25, -0.2) is 18.4 Å². The van der Waals surface area contributed by atoms with Gasteiger partial charge in [0.05, 0.1) is 18.1 Å². The molecule has 0 unspecified atom stereocenters. The van der Waals surface area contributed by atoms with E-state index in [-0.39, 0.29) is 4.21 Å². The summed E-state index contributed by atoms with van der Waals surface area (Å²) in [6, 6.07) is 3.27. The Hall–Kier alpha value is -1.67. The minimum absolute atomic E-state index is 0.279. The maximum Gasteiger partial charge on any atom is 0.271 e. The number of nitrogens with one attached hydrogen (secondary N) is 1. The summed E-state index contributed by atoms with van der Waals surface area (Å²) in [4.78, 5) is 10.7. The third kappa shape index (κ3) is 3.38. The molecule has 1 aliphatic heterocycles. The second kappa shape index (κ2) is 6.21. The summed E-state index contributed by atoms with van der Waals surface area (Å²) >= 11 is 1.18. The van der Waals surface area contributed by atoms with E-state index in [2.05, 4.69) is 26.5 Å². The van der Waals surface area contributed by atoms with E-state index in [1.165, 1.54) is 23.7 Å². The Morgan fingerprint density at radius 3 is 2.55 bits per heavy atom. The Morgan fingerprint density at radius 1 is 1.27 bits per heavy atom. The van der Waals surface area contributed by atoms with Gasteiger partial charge in [0.1, 0.15) is 4.21 Å². The molecule has 1 N–H and O–H groups in total. The van der Waals surface area contributed by atoms with Gasteiger partial charge in [-0.3, -0.25) is 4.72 Å². The van der Waals surface area contributed by atoms with E-state index >= 15 is 0 Å². The molecule has 8 heteroatoms. The molecule has 2 aromatic rings. The summed E-state index contributed by atoms with van der Waals surface area (Å²) in [5.41, 5.74) is 0.377. The van der Waals surface area contributed by atoms with Gasteiger partial charge in [0, 0.05) is 13.1 Å². The van der Waals surface area contributed by atoms with Gasteiger partial charge in [0.2, 0.25) is 5.95 Å². The van der Waals surface area contributed by atoms with Crippen molar-refractivity contribution >= 4 is 33.0 Å². The average Bonchev–Trinajstić information content (AvgIpc) is 3.04. The van der Waals surface area contributed by atoms with Crippen LogP contribution in [0, 0.1) is 5.92 Å². The number of aromatic nitrogens is 2. The van der Waals surface area contributed by atoms with Gasteiger partial charge in [0.15, 0.2) is 0 Å². The number of rotatable bonds is 4. The summed E-state index contributed by atoms with van der Waals surface area (Å²) in [7, 11) is -3.54. The molecule has 0 atom stereocenters. The van der Waals surface area contributed by atoms with Crippen LogP contribution in [0.25, 0.3) is 0 Å². The molecule has 0 radical (unpaired) electrons. The lowest BCUT2D eigenvalue weighted by molar-refractivity contribution is 0.434. The van der Waals surface area contributed by atoms with Crippen LogP contribution in [0.15, 0.2) is 34.1 Å². The maximum absolute atomic E-state index is 12.1. The Bertz CT molecular complexity index is 706. The highest BCUT2D eigenvalue weighted by atomic mass is 32.2. The molecule has 3 heterocycles. The van der Waals surface area contributed by atoms with E-state index in [9.17, 15) is 8.42 Å². The van der Waals surface area contributed by atoms with Crippen LogP contribution < -0.4 is 9.62 Å². The van der Waals surface area contributed by atoms with Crippen LogP contribution in [-0.2, 0) is 10.0 Å². The molecule has 118 valence electrons. The molecule has 0 aliphatic carbocycles. The Labute approximate surface area is 134 Å². The topological polar surface area (TPSA) is 75.2 Å². The molecule has 1 saturated heterocycles. The van der Waals surface area contributed by atoms with Crippen molar-refractivity contribution in [2.24, 2.45) is 5.92 Å². The van der Waals surface area contributed by atoms with Crippen molar-refractivity contribution in [3.63, 3.8) is 0 Å². The number of thiophene rings is 1. The van der Waals surface area contributed by atoms with Crippen LogP contribution in [0.1, 0.15) is 19.8 Å². The fraction of sp³-hybridized carbons (Fsp3) is 0.429. The lowest BCUT2D eigenvalue weighted by Crippen LogP contribution is -2.34. The molecule has 1 aliphatic rings. The second-order valence-electron chi connectivity index (χ2n) is 5.48. The highest BCUT2D eigenvalue weighted by Crippen LogP contribution is 2.22. The molecule has 0 saturated carbocycles. The van der Waals surface area contributed by atoms with Crippen LogP contribution in [0.4, 0.5) is 11.6 Å². The largest absolute Gasteiger partial charge is 0.341 e. The van der Waals surface area contributed by atoms with E-state index in [4.69, 9.17) is 0 Å². The zero-order chi connectivity index (χ0) is 15.6. The third-order valence-corrected chi connectivity index (χ3v) is 6.50. The van der Waals surface area contributed by atoms with E-state index in [1.54, 1.807) is 17.5 Å². The number of piperidine rings is 1. The standard InChI is InChI=1S/C14H18N4O2S2/c1-11-4-6-18(7-5-11)14-15-9-12(10-16-14)17-22(19,20)13-3-2-8-21-13/h2-3,8-11,17H,4-7H2,1H3. The van der Waals surface area contributed by atoms with Gasteiger partial charge in [-0.05, 0) is 30.2 Å². The highest BCUT2D eigenvalue weighted by Gasteiger charge is 2.19. The highest BCUT2D eigenvalue weighted by molar-refractivity contribution is 7.94. The van der Waals surface area contributed by atoms with Gasteiger partial charge in [0.25, 0.3) is 10.0 Å². The minimum atomic E-state index is -3.54. The summed E-state index contributed by atoms with van der Waals surface area (Å²) in [5.74, 6) is 1.40. The lowest BCUT2D eigenvalue weighted by Gasteiger charge is -2.30. The quantitative estimate of drug-likeness (QED) is 0.927. The molecule has 0 aromatic carbocycles. The molecule has 22 heavy (non-hydrogen) atoms. The fourth-order valence-electron chi connectivity index (χ4n) is 2.37. The zero-order valence-corrected chi connectivity index (χ0v) is 13.9. The Morgan fingerprint density at radius 2 is 1.95 bits per heavy atom. The van der Waals surface area contributed by atoms with Gasteiger partial charge in [-0.15, -0.1) is 11.3 Å². The number of hydrogen-bond acceptors (Lipinski definition) is 6. The SMILES string of the molecule is CC1CCN(c2ncc(NS(=O)(=O)c3cccs3)cn2)CC1. The van der Waals surface area contributed by atoms with Crippen LogP contribution in [0.2, 0.25) is 0 Å². The van der Waals surface area contributed by atoms with E-state index in [1.807, 2.05) is 0 Å². The molecule has 1 fully saturated rings. The van der Waals surface area contributed by atoms with Crippen molar-refractivity contribution in [3.05, 3.63) is 29.9 Å². The number of hydrogen-bond donors (Lipinski definition) is 1. The van der Waals surface area contributed by atoms with Crippen LogP contribution in [0.3, 0.4) is 0 Å². The normalized spacial score (nSPS) is 16.7. The molecule has 0 amide bonds. The first kappa shape index (κ1) is 15.2. The van der Waals surface area contributed by atoms with Crippen molar-refractivity contribution < 1.29 is 8.42 Å². The smallest absolute Gasteiger partial charge is 0.271 e. The maximum atomic E-state index is 12.1. The predicted molar refractivity (Wildman–Crippen MR) is 87.8 cm³/mol. The zero-order valence-electron chi connectivity index (χ0n) is 12.3. The number of sulfonamides is 1. The third-order valence-electron chi connectivity index (χ3n) is 3.72. The van der Waals surface area contributed by atoms with E-state index in [0.29, 0.717) is 11.6 Å². The molecule has 0 bridgehead atoms. The monoisotopic (exact) mass is 338 g/mol. The summed E-state index contributed by atoms with van der Waals surface area (Å²) in [6.45, 7) is 4.14. The van der Waals surface area contributed by atoms with Crippen molar-refractivity contribution in [2.75, 3.05) is 22.7 Å². The van der Waals surface area contributed by atoms with Crippen LogP contribution >= 0.6 is 11.3 Å². The van der Waals surface area contributed by atoms with Crippen LogP contribution in [0.5, 0.6) is 0 Å². The summed E-state index contributed by atoms with van der Waals surface area (Å²) in [6.07, 6.45) is 5.31. The molecule has 3 rings (SSSR count). The van der Waals surface area contributed by atoms with Gasteiger partial charge in [-0.2, -0.15) is 0 Å². The van der Waals surface area contributed by atoms with E-state index in [0.717, 1.165) is 31.8 Å². The minimum Gasteiger partial charge on any atom is -0.341 e. The fourth-order valence-corrected chi connectivity index (χ4v) is 4.39. The van der Waals surface area contributed by atoms with Crippen molar-refractivity contribution in [2.45, 2.75) is 24.0 Å². The Balaban J connectivity index is 1.70. The number of nitrogens with zero attached hydrogens (tertiary/aromatic N) is 3. The van der Waals surface area contributed by atoms with Crippen molar-refractivity contribution in [1.29, 1.82) is 0 Å². The molecular formula is C14H18N4O2S2. The van der Waals surface area contributed by atoms with Gasteiger partial charge < -0.3 is 4.90 Å². The van der Waals surface area contributed by atoms with E-state index < -0.39 is 10.0 Å². The molecule has 2 aromatic heterocycles. The first-order valence-electron chi connectivity index (χ1n) is 7.18. The first-order chi connectivity index (χ1) is 10.5. The summed E-state index contributed by atoms with van der Waals surface area (Å²) < 4.78 is 27.0. The second-order valence-corrected chi connectivity index (χ2v) is 8.34. The first-order valence-corrected chi connectivity index (χ1v) is 9.54. The van der Waals surface area contributed by atoms with Crippen molar-refractivity contribution in [1.82, 2.24) is 9.97 Å². The van der Waals surface area contributed by atoms with Crippen LogP contribution in [-0.4, -0.2) is 31.5 Å². The predicted octanol–water partition coefficient (Wildman–Crippen LogP) is 2.58. The average molecular weight is 338 g/mol.